The number of fused-ring (bicyclic) bond motifs is 2. The molecule has 1 aliphatic rings. The zero-order valence-electron chi connectivity index (χ0n) is 18.1. The van der Waals surface area contributed by atoms with Crippen molar-refractivity contribution in [2.45, 2.75) is 34.1 Å². The molecule has 30 heavy (non-hydrogen) atoms. The van der Waals surface area contributed by atoms with Crippen molar-refractivity contribution in [3.8, 4) is 0 Å². The van der Waals surface area contributed by atoms with Crippen molar-refractivity contribution in [3.63, 3.8) is 0 Å². The van der Waals surface area contributed by atoms with Crippen molar-refractivity contribution in [3.05, 3.63) is 44.5 Å². The second-order valence-electron chi connectivity index (χ2n) is 8.17. The Hall–Kier alpha value is -2.64. The zero-order chi connectivity index (χ0) is 21.4. The molecule has 3 heterocycles. The lowest BCUT2D eigenvalue weighted by molar-refractivity contribution is -0.906. The minimum absolute atomic E-state index is 0.0169. The summed E-state index contributed by atoms with van der Waals surface area (Å²) in [4.78, 5) is 26.6. The van der Waals surface area contributed by atoms with Gasteiger partial charge in [-0.1, -0.05) is 0 Å². The highest BCUT2D eigenvalue weighted by Crippen LogP contribution is 2.34. The molecule has 1 fully saturated rings. The van der Waals surface area contributed by atoms with E-state index in [1.54, 1.807) is 0 Å². The van der Waals surface area contributed by atoms with E-state index in [1.165, 1.54) is 4.90 Å². The molecule has 3 aromatic rings. The molecule has 2 N–H and O–H groups in total. The average Bonchev–Trinajstić information content (AvgIpc) is 3.02. The lowest BCUT2D eigenvalue weighted by atomic mass is 9.99. The third-order valence-electron chi connectivity index (χ3n) is 6.28. The van der Waals surface area contributed by atoms with Crippen LogP contribution in [0.1, 0.15) is 28.0 Å². The molecule has 2 aromatic heterocycles. The average molecular weight is 413 g/mol. The number of carbonyl (C=O) groups excluding carboxylic acids is 1. The Kier molecular flexibility index (Phi) is 5.66. The third kappa shape index (κ3) is 3.75. The van der Waals surface area contributed by atoms with Gasteiger partial charge >= 0.3 is 5.63 Å². The zero-order valence-corrected chi connectivity index (χ0v) is 18.1. The van der Waals surface area contributed by atoms with Gasteiger partial charge < -0.3 is 23.8 Å². The van der Waals surface area contributed by atoms with Crippen LogP contribution >= 0.6 is 0 Å². The van der Waals surface area contributed by atoms with Crippen LogP contribution in [0.2, 0.25) is 0 Å². The standard InChI is InChI=1S/C23H28N2O5/c1-13-16(4)29-21-15(3)22-18(11-17(13)21)14(2)19(23(27)30-22)12-20(26)24-5-6-25-7-9-28-10-8-25/h11H,5-10,12H2,1-4H3,(H,24,26)/p+1. The van der Waals surface area contributed by atoms with Gasteiger partial charge in [-0.25, -0.2) is 4.79 Å². The maximum Gasteiger partial charge on any atom is 0.340 e. The van der Waals surface area contributed by atoms with Crippen LogP contribution in [0.25, 0.3) is 21.9 Å². The summed E-state index contributed by atoms with van der Waals surface area (Å²) in [7, 11) is 0. The van der Waals surface area contributed by atoms with Gasteiger partial charge in [0.1, 0.15) is 30.0 Å². The fourth-order valence-electron chi connectivity index (χ4n) is 4.21. The lowest BCUT2D eigenvalue weighted by Gasteiger charge is -2.23. The molecule has 0 bridgehead atoms. The molecule has 160 valence electrons. The first kappa shape index (κ1) is 20.6. The SMILES string of the molecule is Cc1oc2c(C)c3oc(=O)c(CC(=O)NCC[NH+]4CCOCC4)c(C)c3cc2c1C. The van der Waals surface area contributed by atoms with Crippen LogP contribution in [0.3, 0.4) is 0 Å². The number of morpholine rings is 1. The summed E-state index contributed by atoms with van der Waals surface area (Å²) in [5.74, 6) is 0.691. The second-order valence-corrected chi connectivity index (χ2v) is 8.17. The molecule has 7 heteroatoms. The topological polar surface area (TPSA) is 86.1 Å². The van der Waals surface area contributed by atoms with Gasteiger partial charge in [0, 0.05) is 16.3 Å². The Morgan fingerprint density at radius 1 is 1.00 bits per heavy atom. The monoisotopic (exact) mass is 413 g/mol. The third-order valence-corrected chi connectivity index (χ3v) is 6.28. The van der Waals surface area contributed by atoms with Crippen molar-refractivity contribution in [2.24, 2.45) is 0 Å². The fraction of sp³-hybridized carbons (Fsp3) is 0.478. The number of nitrogens with one attached hydrogen (secondary N) is 2. The summed E-state index contributed by atoms with van der Waals surface area (Å²) in [5.41, 5.74) is 3.90. The predicted molar refractivity (Wildman–Crippen MR) is 114 cm³/mol. The van der Waals surface area contributed by atoms with Gasteiger partial charge in [0.2, 0.25) is 5.91 Å². The largest absolute Gasteiger partial charge is 0.461 e. The fourth-order valence-corrected chi connectivity index (χ4v) is 4.21. The summed E-state index contributed by atoms with van der Waals surface area (Å²) in [6.45, 7) is 12.6. The Labute approximate surface area is 175 Å². The molecular formula is C23H29N2O5+. The number of carbonyl (C=O) groups is 1. The molecule has 7 nitrogen and oxygen atoms in total. The number of aryl methyl sites for hydroxylation is 4. The molecule has 1 saturated heterocycles. The van der Waals surface area contributed by atoms with Gasteiger partial charge in [-0.15, -0.1) is 0 Å². The van der Waals surface area contributed by atoms with E-state index in [4.69, 9.17) is 13.6 Å². The molecule has 0 atom stereocenters. The minimum atomic E-state index is -0.462. The van der Waals surface area contributed by atoms with Crippen LogP contribution in [0.4, 0.5) is 0 Å². The molecule has 0 radical (unpaired) electrons. The molecule has 0 unspecified atom stereocenters. The van der Waals surface area contributed by atoms with Crippen molar-refractivity contribution in [1.82, 2.24) is 5.32 Å². The van der Waals surface area contributed by atoms with E-state index in [2.05, 4.69) is 5.32 Å². The van der Waals surface area contributed by atoms with E-state index in [9.17, 15) is 9.59 Å². The molecule has 1 aromatic carbocycles. The lowest BCUT2D eigenvalue weighted by Crippen LogP contribution is -3.14. The summed E-state index contributed by atoms with van der Waals surface area (Å²) in [5, 5.41) is 4.80. The molecule has 0 aliphatic carbocycles. The first-order chi connectivity index (χ1) is 14.4. The minimum Gasteiger partial charge on any atom is -0.461 e. The van der Waals surface area contributed by atoms with Gasteiger partial charge in [0.15, 0.2) is 0 Å². The van der Waals surface area contributed by atoms with E-state index in [0.29, 0.717) is 17.7 Å². The van der Waals surface area contributed by atoms with Crippen LogP contribution in [-0.2, 0) is 16.0 Å². The number of furan rings is 1. The number of quaternary nitrogens is 1. The van der Waals surface area contributed by atoms with Crippen LogP contribution < -0.4 is 15.8 Å². The highest BCUT2D eigenvalue weighted by molar-refractivity contribution is 6.00. The van der Waals surface area contributed by atoms with E-state index in [-0.39, 0.29) is 12.3 Å². The van der Waals surface area contributed by atoms with Gasteiger partial charge in [-0.2, -0.15) is 0 Å². The van der Waals surface area contributed by atoms with Crippen LogP contribution in [0.5, 0.6) is 0 Å². The van der Waals surface area contributed by atoms with E-state index < -0.39 is 5.63 Å². The molecule has 0 spiro atoms. The second kappa shape index (κ2) is 8.24. The first-order valence-electron chi connectivity index (χ1n) is 10.5. The molecule has 4 rings (SSSR count). The quantitative estimate of drug-likeness (QED) is 0.617. The van der Waals surface area contributed by atoms with E-state index in [1.807, 2.05) is 33.8 Å². The highest BCUT2D eigenvalue weighted by atomic mass is 16.5. The van der Waals surface area contributed by atoms with Crippen molar-refractivity contribution >= 4 is 27.8 Å². The molecule has 0 saturated carbocycles. The summed E-state index contributed by atoms with van der Waals surface area (Å²) in [6.07, 6.45) is 0.0169. The Balaban J connectivity index is 1.58. The number of ether oxygens (including phenoxy) is 1. The van der Waals surface area contributed by atoms with Crippen LogP contribution in [0.15, 0.2) is 19.7 Å². The summed E-state index contributed by atoms with van der Waals surface area (Å²) < 4.78 is 16.9. The van der Waals surface area contributed by atoms with Gasteiger partial charge in [-0.3, -0.25) is 4.79 Å². The van der Waals surface area contributed by atoms with E-state index >= 15 is 0 Å². The number of amides is 1. The first-order valence-corrected chi connectivity index (χ1v) is 10.5. The van der Waals surface area contributed by atoms with Crippen molar-refractivity contribution < 1.29 is 23.3 Å². The van der Waals surface area contributed by atoms with Crippen molar-refractivity contribution in [2.75, 3.05) is 39.4 Å². The maximum atomic E-state index is 12.7. The predicted octanol–water partition coefficient (Wildman–Crippen LogP) is 1.35. The number of hydrogen-bond donors (Lipinski definition) is 2. The number of rotatable bonds is 5. The van der Waals surface area contributed by atoms with Gasteiger partial charge in [0.25, 0.3) is 0 Å². The number of hydrogen-bond acceptors (Lipinski definition) is 5. The summed E-state index contributed by atoms with van der Waals surface area (Å²) >= 11 is 0. The van der Waals surface area contributed by atoms with E-state index in [0.717, 1.165) is 71.7 Å². The number of benzene rings is 1. The van der Waals surface area contributed by atoms with Crippen LogP contribution in [0, 0.1) is 27.7 Å². The van der Waals surface area contributed by atoms with Crippen LogP contribution in [-0.4, -0.2) is 45.3 Å². The highest BCUT2D eigenvalue weighted by Gasteiger charge is 2.20. The Bertz CT molecular complexity index is 1170. The normalized spacial score (nSPS) is 15.2. The Morgan fingerprint density at radius 2 is 1.67 bits per heavy atom. The molecule has 1 aliphatic heterocycles. The smallest absolute Gasteiger partial charge is 0.340 e. The molecular weight excluding hydrogens is 384 g/mol. The summed E-state index contributed by atoms with van der Waals surface area (Å²) in [6, 6.07) is 2.00. The van der Waals surface area contributed by atoms with Gasteiger partial charge in [-0.05, 0) is 44.9 Å². The molecule has 1 amide bonds. The Morgan fingerprint density at radius 3 is 2.40 bits per heavy atom. The maximum absolute atomic E-state index is 12.7. The van der Waals surface area contributed by atoms with Gasteiger partial charge in [0.05, 0.1) is 38.3 Å². The van der Waals surface area contributed by atoms with Crippen molar-refractivity contribution in [1.29, 1.82) is 0 Å².